The van der Waals surface area contributed by atoms with Gasteiger partial charge in [0.15, 0.2) is 0 Å². The predicted molar refractivity (Wildman–Crippen MR) is 63.0 cm³/mol. The van der Waals surface area contributed by atoms with Gasteiger partial charge in [0.05, 0.1) is 0 Å². The van der Waals surface area contributed by atoms with Crippen LogP contribution in [0.3, 0.4) is 0 Å². The van der Waals surface area contributed by atoms with Crippen molar-refractivity contribution in [1.82, 2.24) is 10.6 Å². The SMILES string of the molecule is O=C(C[C@@H]1CCCN1)NCC1(C2CC2)CC1. The molecule has 3 rings (SSSR count). The summed E-state index contributed by atoms with van der Waals surface area (Å²) in [6.07, 6.45) is 8.57. The molecule has 1 amide bonds. The molecule has 0 aromatic heterocycles. The van der Waals surface area contributed by atoms with Crippen LogP contribution in [0.4, 0.5) is 0 Å². The molecule has 2 aliphatic carbocycles. The fourth-order valence-electron chi connectivity index (χ4n) is 3.09. The predicted octanol–water partition coefficient (Wildman–Crippen LogP) is 1.43. The van der Waals surface area contributed by atoms with E-state index in [-0.39, 0.29) is 5.91 Å². The Morgan fingerprint density at radius 1 is 1.31 bits per heavy atom. The van der Waals surface area contributed by atoms with Crippen molar-refractivity contribution in [1.29, 1.82) is 0 Å². The number of carbonyl (C=O) groups is 1. The molecule has 2 N–H and O–H groups in total. The van der Waals surface area contributed by atoms with Crippen LogP contribution in [0, 0.1) is 11.3 Å². The van der Waals surface area contributed by atoms with E-state index in [4.69, 9.17) is 0 Å². The monoisotopic (exact) mass is 222 g/mol. The van der Waals surface area contributed by atoms with Crippen molar-refractivity contribution in [2.45, 2.75) is 51.0 Å². The van der Waals surface area contributed by atoms with Crippen molar-refractivity contribution in [2.75, 3.05) is 13.1 Å². The molecule has 0 aromatic carbocycles. The second kappa shape index (κ2) is 4.02. The van der Waals surface area contributed by atoms with Gasteiger partial charge in [-0.25, -0.2) is 0 Å². The van der Waals surface area contributed by atoms with Crippen LogP contribution in [0.25, 0.3) is 0 Å². The Bertz CT molecular complexity index is 276. The Kier molecular flexibility index (Phi) is 2.66. The molecule has 0 radical (unpaired) electrons. The van der Waals surface area contributed by atoms with Gasteiger partial charge in [-0.15, -0.1) is 0 Å². The van der Waals surface area contributed by atoms with E-state index >= 15 is 0 Å². The van der Waals surface area contributed by atoms with Crippen molar-refractivity contribution in [3.63, 3.8) is 0 Å². The summed E-state index contributed by atoms with van der Waals surface area (Å²) in [6, 6.07) is 0.441. The first-order valence-electron chi connectivity index (χ1n) is 6.79. The molecule has 1 aliphatic heterocycles. The maximum Gasteiger partial charge on any atom is 0.221 e. The van der Waals surface area contributed by atoms with E-state index in [0.29, 0.717) is 17.9 Å². The molecular weight excluding hydrogens is 200 g/mol. The van der Waals surface area contributed by atoms with Gasteiger partial charge >= 0.3 is 0 Å². The average molecular weight is 222 g/mol. The third-order valence-corrected chi connectivity index (χ3v) is 4.57. The molecule has 1 heterocycles. The maximum absolute atomic E-state index is 11.8. The van der Waals surface area contributed by atoms with Crippen molar-refractivity contribution in [2.24, 2.45) is 11.3 Å². The molecule has 0 spiro atoms. The van der Waals surface area contributed by atoms with E-state index in [1.807, 2.05) is 0 Å². The highest BCUT2D eigenvalue weighted by atomic mass is 16.1. The molecule has 3 nitrogen and oxygen atoms in total. The maximum atomic E-state index is 11.8. The van der Waals surface area contributed by atoms with Crippen molar-refractivity contribution in [3.8, 4) is 0 Å². The molecule has 0 aromatic rings. The van der Waals surface area contributed by atoms with Gasteiger partial charge in [-0.05, 0) is 56.4 Å². The van der Waals surface area contributed by atoms with Crippen LogP contribution in [0.15, 0.2) is 0 Å². The minimum atomic E-state index is 0.256. The summed E-state index contributed by atoms with van der Waals surface area (Å²) in [7, 11) is 0. The molecule has 3 heteroatoms. The number of nitrogens with one attached hydrogen (secondary N) is 2. The molecule has 3 aliphatic rings. The van der Waals surface area contributed by atoms with Crippen LogP contribution < -0.4 is 10.6 Å². The molecule has 90 valence electrons. The van der Waals surface area contributed by atoms with Gasteiger partial charge in [-0.2, -0.15) is 0 Å². The lowest BCUT2D eigenvalue weighted by Gasteiger charge is -2.16. The standard InChI is InChI=1S/C13H22N2O/c16-12(8-11-2-1-7-14-11)15-9-13(5-6-13)10-3-4-10/h10-11,14H,1-9H2,(H,15,16)/t11-/m0/s1. The fraction of sp³-hybridized carbons (Fsp3) is 0.923. The number of hydrogen-bond acceptors (Lipinski definition) is 2. The van der Waals surface area contributed by atoms with Gasteiger partial charge in [-0.1, -0.05) is 0 Å². The molecule has 0 bridgehead atoms. The van der Waals surface area contributed by atoms with Gasteiger partial charge in [0.2, 0.25) is 5.91 Å². The lowest BCUT2D eigenvalue weighted by molar-refractivity contribution is -0.121. The average Bonchev–Trinajstić information content (AvgIpc) is 3.16. The van der Waals surface area contributed by atoms with Crippen molar-refractivity contribution in [3.05, 3.63) is 0 Å². The summed E-state index contributed by atoms with van der Waals surface area (Å²) in [5.41, 5.74) is 0.540. The minimum absolute atomic E-state index is 0.256. The zero-order valence-electron chi connectivity index (χ0n) is 9.93. The Hall–Kier alpha value is -0.570. The van der Waals surface area contributed by atoms with Gasteiger partial charge in [0.25, 0.3) is 0 Å². The number of hydrogen-bond donors (Lipinski definition) is 2. The van der Waals surface area contributed by atoms with Crippen molar-refractivity contribution >= 4 is 5.91 Å². The summed E-state index contributed by atoms with van der Waals surface area (Å²) in [5, 5.41) is 6.53. The molecular formula is C13H22N2O. The van der Waals surface area contributed by atoms with Crippen LogP contribution in [0.2, 0.25) is 0 Å². The van der Waals surface area contributed by atoms with Crippen molar-refractivity contribution < 1.29 is 4.79 Å². The second-order valence-electron chi connectivity index (χ2n) is 5.91. The highest BCUT2D eigenvalue weighted by molar-refractivity contribution is 5.76. The third-order valence-electron chi connectivity index (χ3n) is 4.57. The van der Waals surface area contributed by atoms with E-state index < -0.39 is 0 Å². The summed E-state index contributed by atoms with van der Waals surface area (Å²) in [6.45, 7) is 2.03. The quantitative estimate of drug-likeness (QED) is 0.739. The van der Waals surface area contributed by atoms with Gasteiger partial charge < -0.3 is 10.6 Å². The third kappa shape index (κ3) is 2.24. The lowest BCUT2D eigenvalue weighted by Crippen LogP contribution is -2.35. The number of rotatable bonds is 5. The summed E-state index contributed by atoms with van der Waals surface area (Å²) in [4.78, 5) is 11.8. The highest BCUT2D eigenvalue weighted by Gasteiger charge is 2.53. The van der Waals surface area contributed by atoms with Crippen LogP contribution in [0.1, 0.15) is 44.9 Å². The zero-order valence-corrected chi connectivity index (χ0v) is 9.93. The first kappa shape index (κ1) is 10.6. The van der Waals surface area contributed by atoms with Gasteiger partial charge in [0.1, 0.15) is 0 Å². The van der Waals surface area contributed by atoms with E-state index in [9.17, 15) is 4.79 Å². The Morgan fingerprint density at radius 2 is 2.12 bits per heavy atom. The molecule has 1 atom stereocenters. The van der Waals surface area contributed by atoms with Crippen LogP contribution in [-0.4, -0.2) is 25.0 Å². The summed E-state index contributed by atoms with van der Waals surface area (Å²) in [5.74, 6) is 1.20. The largest absolute Gasteiger partial charge is 0.355 e. The lowest BCUT2D eigenvalue weighted by atomic mass is 10.0. The smallest absolute Gasteiger partial charge is 0.221 e. The molecule has 2 saturated carbocycles. The molecule has 0 unspecified atom stereocenters. The minimum Gasteiger partial charge on any atom is -0.355 e. The normalized spacial score (nSPS) is 31.4. The molecule has 1 saturated heterocycles. The van der Waals surface area contributed by atoms with Gasteiger partial charge in [-0.3, -0.25) is 4.79 Å². The van der Waals surface area contributed by atoms with Crippen LogP contribution in [-0.2, 0) is 4.79 Å². The van der Waals surface area contributed by atoms with E-state index in [0.717, 1.165) is 19.0 Å². The summed E-state index contributed by atoms with van der Waals surface area (Å²) >= 11 is 0. The topological polar surface area (TPSA) is 41.1 Å². The second-order valence-corrected chi connectivity index (χ2v) is 5.91. The van der Waals surface area contributed by atoms with E-state index in [1.54, 1.807) is 0 Å². The summed E-state index contributed by atoms with van der Waals surface area (Å²) < 4.78 is 0. The first-order chi connectivity index (χ1) is 7.78. The molecule has 3 fully saturated rings. The van der Waals surface area contributed by atoms with Crippen LogP contribution >= 0.6 is 0 Å². The highest BCUT2D eigenvalue weighted by Crippen LogP contribution is 2.60. The Morgan fingerprint density at radius 3 is 2.69 bits per heavy atom. The van der Waals surface area contributed by atoms with E-state index in [1.165, 1.54) is 38.5 Å². The zero-order chi connectivity index (χ0) is 11.0. The fourth-order valence-corrected chi connectivity index (χ4v) is 3.09. The number of carbonyl (C=O) groups excluding carboxylic acids is 1. The number of amides is 1. The van der Waals surface area contributed by atoms with E-state index in [2.05, 4.69) is 10.6 Å². The Balaban J connectivity index is 1.39. The molecule has 16 heavy (non-hydrogen) atoms. The Labute approximate surface area is 97.4 Å². The van der Waals surface area contributed by atoms with Gasteiger partial charge in [0, 0.05) is 19.0 Å². The first-order valence-corrected chi connectivity index (χ1v) is 6.79. The van der Waals surface area contributed by atoms with Crippen LogP contribution in [0.5, 0.6) is 0 Å².